The second-order valence-electron chi connectivity index (χ2n) is 7.26. The van der Waals surface area contributed by atoms with Crippen LogP contribution in [0.25, 0.3) is 0 Å². The van der Waals surface area contributed by atoms with Gasteiger partial charge in [0.15, 0.2) is 6.61 Å². The monoisotopic (exact) mass is 336 g/mol. The van der Waals surface area contributed by atoms with Gasteiger partial charge in [-0.1, -0.05) is 27.2 Å². The lowest BCUT2D eigenvalue weighted by Crippen LogP contribution is -2.36. The number of furan rings is 1. The van der Waals surface area contributed by atoms with Gasteiger partial charge in [0.2, 0.25) is 0 Å². The minimum absolute atomic E-state index is 0.0853. The van der Waals surface area contributed by atoms with E-state index in [1.165, 1.54) is 6.42 Å². The van der Waals surface area contributed by atoms with Gasteiger partial charge in [-0.2, -0.15) is 0 Å². The summed E-state index contributed by atoms with van der Waals surface area (Å²) in [4.78, 5) is 24.1. The van der Waals surface area contributed by atoms with Gasteiger partial charge in [0, 0.05) is 0 Å². The zero-order chi connectivity index (χ0) is 17.9. The normalized spacial score (nSPS) is 24.0. The van der Waals surface area contributed by atoms with Crippen LogP contribution in [0.15, 0.2) is 10.5 Å². The van der Waals surface area contributed by atoms with E-state index in [1.54, 1.807) is 19.9 Å². The lowest BCUT2D eigenvalue weighted by atomic mass is 9.75. The molecule has 1 aliphatic carbocycles. The summed E-state index contributed by atoms with van der Waals surface area (Å²) in [6, 6.07) is 1.61. The number of rotatable bonds is 5. The van der Waals surface area contributed by atoms with Gasteiger partial charge < -0.3 is 13.9 Å². The Hall–Kier alpha value is -1.78. The molecular weight excluding hydrogens is 308 g/mol. The molecule has 2 rings (SSSR count). The number of carbonyl (C=O) groups excluding carboxylic acids is 2. The van der Waals surface area contributed by atoms with Crippen molar-refractivity contribution in [3.63, 3.8) is 0 Å². The van der Waals surface area contributed by atoms with E-state index in [0.29, 0.717) is 34.8 Å². The molecule has 1 fully saturated rings. The van der Waals surface area contributed by atoms with E-state index in [1.807, 2.05) is 0 Å². The third-order valence-electron chi connectivity index (χ3n) is 4.83. The highest BCUT2D eigenvalue weighted by Gasteiger charge is 2.33. The molecule has 5 nitrogen and oxygen atoms in total. The predicted molar refractivity (Wildman–Crippen MR) is 89.7 cm³/mol. The molecule has 1 heterocycles. The van der Waals surface area contributed by atoms with Crippen LogP contribution in [0.5, 0.6) is 0 Å². The van der Waals surface area contributed by atoms with Crippen LogP contribution in [0.1, 0.15) is 61.9 Å². The number of esters is 2. The predicted octanol–water partition coefficient (Wildman–Crippen LogP) is 4.06. The van der Waals surface area contributed by atoms with Gasteiger partial charge in [-0.25, -0.2) is 9.59 Å². The van der Waals surface area contributed by atoms with Crippen molar-refractivity contribution in [2.45, 2.75) is 60.0 Å². The third kappa shape index (κ3) is 4.62. The number of ether oxygens (including phenoxy) is 2. The lowest BCUT2D eigenvalue weighted by Gasteiger charge is -2.36. The van der Waals surface area contributed by atoms with Crippen LogP contribution in [0.2, 0.25) is 0 Å². The summed E-state index contributed by atoms with van der Waals surface area (Å²) in [5.74, 6) is 1.49. The molecule has 1 aromatic rings. The fourth-order valence-electron chi connectivity index (χ4n) is 3.49. The minimum Gasteiger partial charge on any atom is -0.466 e. The fourth-order valence-corrected chi connectivity index (χ4v) is 3.49. The topological polar surface area (TPSA) is 65.7 Å². The van der Waals surface area contributed by atoms with Crippen LogP contribution in [-0.2, 0) is 14.3 Å². The van der Waals surface area contributed by atoms with E-state index in [4.69, 9.17) is 13.9 Å². The first-order chi connectivity index (χ1) is 11.3. The summed E-state index contributed by atoms with van der Waals surface area (Å²) in [6.45, 7) is 9.59. The first kappa shape index (κ1) is 18.6. The second-order valence-corrected chi connectivity index (χ2v) is 7.26. The zero-order valence-corrected chi connectivity index (χ0v) is 15.3. The van der Waals surface area contributed by atoms with Gasteiger partial charge in [0.1, 0.15) is 23.2 Å². The van der Waals surface area contributed by atoms with E-state index in [9.17, 15) is 9.59 Å². The van der Waals surface area contributed by atoms with Crippen molar-refractivity contribution in [2.75, 3.05) is 6.61 Å². The zero-order valence-electron chi connectivity index (χ0n) is 15.3. The molecule has 0 unspecified atom stereocenters. The number of aryl methyl sites for hydroxylation is 2. The van der Waals surface area contributed by atoms with Crippen molar-refractivity contribution in [1.29, 1.82) is 0 Å². The molecule has 1 aromatic heterocycles. The van der Waals surface area contributed by atoms with Crippen molar-refractivity contribution in [3.05, 3.63) is 23.2 Å². The molecule has 0 spiro atoms. The van der Waals surface area contributed by atoms with Gasteiger partial charge in [0.05, 0.1) is 0 Å². The fraction of sp³-hybridized carbons (Fsp3) is 0.684. The third-order valence-corrected chi connectivity index (χ3v) is 4.83. The Balaban J connectivity index is 1.88. The number of hydrogen-bond acceptors (Lipinski definition) is 5. The molecule has 0 aliphatic heterocycles. The molecule has 0 aromatic carbocycles. The molecule has 5 heteroatoms. The van der Waals surface area contributed by atoms with Crippen LogP contribution >= 0.6 is 0 Å². The molecule has 134 valence electrons. The molecule has 3 atom stereocenters. The van der Waals surface area contributed by atoms with Crippen LogP contribution in [-0.4, -0.2) is 24.6 Å². The van der Waals surface area contributed by atoms with Crippen molar-refractivity contribution < 1.29 is 23.5 Å². The minimum atomic E-state index is -0.557. The maximum Gasteiger partial charge on any atom is 0.344 e. The maximum atomic E-state index is 12.1. The van der Waals surface area contributed by atoms with Crippen molar-refractivity contribution >= 4 is 11.9 Å². The van der Waals surface area contributed by atoms with Gasteiger partial charge in [-0.05, 0) is 50.5 Å². The molecule has 24 heavy (non-hydrogen) atoms. The molecule has 0 radical (unpaired) electrons. The Labute approximate surface area is 143 Å². The Morgan fingerprint density at radius 1 is 1.29 bits per heavy atom. The molecule has 1 aliphatic rings. The maximum absolute atomic E-state index is 12.1. The average molecular weight is 336 g/mol. The number of carbonyl (C=O) groups is 2. The highest BCUT2D eigenvalue weighted by molar-refractivity contribution is 5.91. The van der Waals surface area contributed by atoms with E-state index in [-0.39, 0.29) is 12.7 Å². The largest absolute Gasteiger partial charge is 0.466 e. The van der Waals surface area contributed by atoms with Gasteiger partial charge >= 0.3 is 11.9 Å². The highest BCUT2D eigenvalue weighted by atomic mass is 16.6. The van der Waals surface area contributed by atoms with Gasteiger partial charge in [-0.15, -0.1) is 0 Å². The molecule has 0 N–H and O–H groups in total. The summed E-state index contributed by atoms with van der Waals surface area (Å²) < 4.78 is 16.0. The van der Waals surface area contributed by atoms with Gasteiger partial charge in [-0.3, -0.25) is 0 Å². The lowest BCUT2D eigenvalue weighted by molar-refractivity contribution is -0.159. The highest BCUT2D eigenvalue weighted by Crippen LogP contribution is 2.35. The Kier molecular flexibility index (Phi) is 6.08. The first-order valence-corrected chi connectivity index (χ1v) is 8.71. The van der Waals surface area contributed by atoms with E-state index in [2.05, 4.69) is 20.8 Å². The Bertz CT molecular complexity index is 587. The van der Waals surface area contributed by atoms with Crippen LogP contribution in [0, 0.1) is 31.6 Å². The summed E-state index contributed by atoms with van der Waals surface area (Å²) >= 11 is 0. The summed E-state index contributed by atoms with van der Waals surface area (Å²) in [6.07, 6.45) is 3.04. The Morgan fingerprint density at radius 2 is 2.00 bits per heavy atom. The molecule has 0 bridgehead atoms. The van der Waals surface area contributed by atoms with Crippen LogP contribution in [0.3, 0.4) is 0 Å². The van der Waals surface area contributed by atoms with Gasteiger partial charge in [0.25, 0.3) is 0 Å². The van der Waals surface area contributed by atoms with Crippen molar-refractivity contribution in [3.8, 4) is 0 Å². The summed E-state index contributed by atoms with van der Waals surface area (Å²) in [5.41, 5.74) is 0.353. The van der Waals surface area contributed by atoms with E-state index in [0.717, 1.165) is 12.8 Å². The summed E-state index contributed by atoms with van der Waals surface area (Å²) in [7, 11) is 0. The van der Waals surface area contributed by atoms with Crippen molar-refractivity contribution in [1.82, 2.24) is 0 Å². The van der Waals surface area contributed by atoms with E-state index >= 15 is 0 Å². The van der Waals surface area contributed by atoms with Crippen molar-refractivity contribution in [2.24, 2.45) is 17.8 Å². The van der Waals surface area contributed by atoms with E-state index < -0.39 is 11.9 Å². The summed E-state index contributed by atoms with van der Waals surface area (Å²) in [5, 5.41) is 0. The standard InChI is InChI=1S/C19H28O5/c1-11(2)15-7-6-12(3)8-17(15)24-18(20)10-22-19(21)16-9-13(4)23-14(16)5/h9,11-12,15,17H,6-8,10H2,1-5H3/t12-,15+,17-/m1/s1. The van der Waals surface area contributed by atoms with Crippen LogP contribution < -0.4 is 0 Å². The SMILES string of the molecule is Cc1cc(C(=O)OCC(=O)O[C@@H]2C[C@H](C)CC[C@H]2C(C)C)c(C)o1. The Morgan fingerprint density at radius 3 is 2.58 bits per heavy atom. The quantitative estimate of drug-likeness (QED) is 0.759. The smallest absolute Gasteiger partial charge is 0.344 e. The molecule has 0 amide bonds. The number of hydrogen-bond donors (Lipinski definition) is 0. The molecule has 1 saturated carbocycles. The average Bonchev–Trinajstić information content (AvgIpc) is 2.83. The molecular formula is C19H28O5. The van der Waals surface area contributed by atoms with Crippen LogP contribution in [0.4, 0.5) is 0 Å². The second kappa shape index (κ2) is 7.86. The first-order valence-electron chi connectivity index (χ1n) is 8.71. The molecule has 0 saturated heterocycles.